The highest BCUT2D eigenvalue weighted by Crippen LogP contribution is 1.88. The first-order valence-electron chi connectivity index (χ1n) is 4.52. The Morgan fingerprint density at radius 2 is 1.73 bits per heavy atom. The van der Waals surface area contributed by atoms with Crippen LogP contribution in [0.3, 0.4) is 0 Å². The van der Waals surface area contributed by atoms with Crippen LogP contribution in [0.25, 0.3) is 0 Å². The summed E-state index contributed by atoms with van der Waals surface area (Å²) in [6.07, 6.45) is 1.47. The Kier molecular flexibility index (Phi) is 5.77. The van der Waals surface area contributed by atoms with Gasteiger partial charge < -0.3 is 10.0 Å². The molecule has 0 unspecified atom stereocenters. The number of imide groups is 1. The van der Waals surface area contributed by atoms with Crippen molar-refractivity contribution in [1.82, 2.24) is 10.2 Å². The predicted octanol–water partition coefficient (Wildman–Crippen LogP) is 0.205. The van der Waals surface area contributed by atoms with Gasteiger partial charge >= 0.3 is 12.0 Å². The van der Waals surface area contributed by atoms with Gasteiger partial charge in [0.15, 0.2) is 0 Å². The van der Waals surface area contributed by atoms with Gasteiger partial charge in [-0.15, -0.1) is 0 Å². The summed E-state index contributed by atoms with van der Waals surface area (Å²) in [6.45, 7) is 4.53. The molecule has 0 saturated heterocycles. The zero-order valence-electron chi connectivity index (χ0n) is 8.69. The number of rotatable bonds is 4. The van der Waals surface area contributed by atoms with Gasteiger partial charge in [0.2, 0.25) is 0 Å². The summed E-state index contributed by atoms with van der Waals surface area (Å²) in [5, 5.41) is 10.3. The molecule has 0 saturated carbocycles. The quantitative estimate of drug-likeness (QED) is 0.655. The number of nitrogens with one attached hydrogen (secondary N) is 1. The lowest BCUT2D eigenvalue weighted by atomic mass is 10.4. The zero-order chi connectivity index (χ0) is 11.8. The Labute approximate surface area is 87.6 Å². The number of carbonyl (C=O) groups is 3. The fourth-order valence-electron chi connectivity index (χ4n) is 0.884. The highest BCUT2D eigenvalue weighted by molar-refractivity contribution is 6.02. The standard InChI is InChI=1S/C9H14N2O4/c1-3-11(4-2)9(15)10-7(12)5-6-8(13)14/h5-6H,3-4H2,1-2H3,(H,13,14)(H,10,12,15)/b6-5+. The molecule has 0 aliphatic carbocycles. The van der Waals surface area contributed by atoms with E-state index in [0.717, 1.165) is 6.08 Å². The summed E-state index contributed by atoms with van der Waals surface area (Å²) in [5.74, 6) is -1.98. The largest absolute Gasteiger partial charge is 0.478 e. The molecular weight excluding hydrogens is 200 g/mol. The molecule has 0 radical (unpaired) electrons. The van der Waals surface area contributed by atoms with E-state index in [0.29, 0.717) is 19.2 Å². The van der Waals surface area contributed by atoms with Crippen LogP contribution in [-0.4, -0.2) is 41.0 Å². The van der Waals surface area contributed by atoms with Gasteiger partial charge in [-0.25, -0.2) is 9.59 Å². The summed E-state index contributed by atoms with van der Waals surface area (Å²) in [4.78, 5) is 33.7. The van der Waals surface area contributed by atoms with E-state index in [-0.39, 0.29) is 0 Å². The average Bonchev–Trinajstić information content (AvgIpc) is 2.16. The number of aliphatic carboxylic acids is 1. The molecule has 6 heteroatoms. The molecule has 0 spiro atoms. The highest BCUT2D eigenvalue weighted by Gasteiger charge is 2.10. The maximum Gasteiger partial charge on any atom is 0.328 e. The van der Waals surface area contributed by atoms with E-state index >= 15 is 0 Å². The Balaban J connectivity index is 4.17. The Hall–Kier alpha value is -1.85. The first-order valence-corrected chi connectivity index (χ1v) is 4.52. The van der Waals surface area contributed by atoms with Gasteiger partial charge in [0.25, 0.3) is 5.91 Å². The van der Waals surface area contributed by atoms with Crippen LogP contribution in [0.1, 0.15) is 13.8 Å². The van der Waals surface area contributed by atoms with Crippen LogP contribution in [-0.2, 0) is 9.59 Å². The van der Waals surface area contributed by atoms with Crippen LogP contribution in [0, 0.1) is 0 Å². The first-order chi connectivity index (χ1) is 7.01. The molecule has 84 valence electrons. The van der Waals surface area contributed by atoms with Gasteiger partial charge in [-0.2, -0.15) is 0 Å². The van der Waals surface area contributed by atoms with Crippen molar-refractivity contribution >= 4 is 17.9 Å². The predicted molar refractivity (Wildman–Crippen MR) is 53.2 cm³/mol. The molecule has 0 heterocycles. The molecule has 6 nitrogen and oxygen atoms in total. The van der Waals surface area contributed by atoms with Crippen LogP contribution >= 0.6 is 0 Å². The number of amides is 3. The lowest BCUT2D eigenvalue weighted by molar-refractivity contribution is -0.131. The van der Waals surface area contributed by atoms with Gasteiger partial charge in [0.05, 0.1) is 0 Å². The minimum atomic E-state index is -1.24. The summed E-state index contributed by atoms with van der Waals surface area (Å²) in [6, 6.07) is -0.528. The van der Waals surface area contributed by atoms with E-state index in [2.05, 4.69) is 0 Å². The fraction of sp³-hybridized carbons (Fsp3) is 0.444. The van der Waals surface area contributed by atoms with Crippen molar-refractivity contribution in [3.63, 3.8) is 0 Å². The minimum absolute atomic E-state index is 0.484. The second-order valence-corrected chi connectivity index (χ2v) is 2.64. The molecule has 0 aromatic heterocycles. The third kappa shape index (κ3) is 5.45. The zero-order valence-corrected chi connectivity index (χ0v) is 8.69. The molecule has 0 rings (SSSR count). The number of hydrogen-bond donors (Lipinski definition) is 2. The lowest BCUT2D eigenvalue weighted by Crippen LogP contribution is -2.42. The Morgan fingerprint density at radius 1 is 1.20 bits per heavy atom. The molecule has 0 bridgehead atoms. The molecule has 3 amide bonds. The maximum atomic E-state index is 11.3. The molecule has 2 N–H and O–H groups in total. The van der Waals surface area contributed by atoms with Crippen LogP contribution in [0.15, 0.2) is 12.2 Å². The van der Waals surface area contributed by atoms with Gasteiger partial charge in [-0.3, -0.25) is 10.1 Å². The molecule has 0 aromatic rings. The number of carboxylic acid groups (broad SMARTS) is 1. The fourth-order valence-corrected chi connectivity index (χ4v) is 0.884. The number of carbonyl (C=O) groups excluding carboxylic acids is 2. The molecule has 15 heavy (non-hydrogen) atoms. The van der Waals surface area contributed by atoms with Gasteiger partial charge in [-0.05, 0) is 13.8 Å². The SMILES string of the molecule is CCN(CC)C(=O)NC(=O)/C=C/C(=O)O. The van der Waals surface area contributed by atoms with Crippen molar-refractivity contribution in [2.24, 2.45) is 0 Å². The van der Waals surface area contributed by atoms with Gasteiger partial charge in [0.1, 0.15) is 0 Å². The van der Waals surface area contributed by atoms with Crippen LogP contribution < -0.4 is 5.32 Å². The van der Waals surface area contributed by atoms with Crippen LogP contribution in [0.4, 0.5) is 4.79 Å². The molecule has 0 aromatic carbocycles. The topological polar surface area (TPSA) is 86.7 Å². The van der Waals surface area contributed by atoms with E-state index in [4.69, 9.17) is 5.11 Å². The smallest absolute Gasteiger partial charge is 0.328 e. The van der Waals surface area contributed by atoms with Crippen LogP contribution in [0.5, 0.6) is 0 Å². The summed E-state index contributed by atoms with van der Waals surface area (Å²) in [5.41, 5.74) is 0. The maximum absolute atomic E-state index is 11.3. The number of carboxylic acids is 1. The number of nitrogens with zero attached hydrogens (tertiary/aromatic N) is 1. The number of hydrogen-bond acceptors (Lipinski definition) is 3. The van der Waals surface area contributed by atoms with Crippen molar-refractivity contribution < 1.29 is 19.5 Å². The second-order valence-electron chi connectivity index (χ2n) is 2.64. The number of urea groups is 1. The van der Waals surface area contributed by atoms with Crippen molar-refractivity contribution in [2.75, 3.05) is 13.1 Å². The summed E-state index contributed by atoms with van der Waals surface area (Å²) < 4.78 is 0. The van der Waals surface area contributed by atoms with Gasteiger partial charge in [-0.1, -0.05) is 0 Å². The Morgan fingerprint density at radius 3 is 2.13 bits per heavy atom. The van der Waals surface area contributed by atoms with Crippen molar-refractivity contribution in [1.29, 1.82) is 0 Å². The van der Waals surface area contributed by atoms with Crippen molar-refractivity contribution in [3.05, 3.63) is 12.2 Å². The minimum Gasteiger partial charge on any atom is -0.478 e. The molecule has 0 atom stereocenters. The van der Waals surface area contributed by atoms with Crippen molar-refractivity contribution in [2.45, 2.75) is 13.8 Å². The van der Waals surface area contributed by atoms with Crippen LogP contribution in [0.2, 0.25) is 0 Å². The second kappa shape index (κ2) is 6.58. The van der Waals surface area contributed by atoms with E-state index in [1.54, 1.807) is 13.8 Å². The first kappa shape index (κ1) is 13.2. The van der Waals surface area contributed by atoms with Gasteiger partial charge in [0, 0.05) is 25.2 Å². The highest BCUT2D eigenvalue weighted by atomic mass is 16.4. The van der Waals surface area contributed by atoms with E-state index in [1.165, 1.54) is 4.90 Å². The average molecular weight is 214 g/mol. The lowest BCUT2D eigenvalue weighted by Gasteiger charge is -2.17. The van der Waals surface area contributed by atoms with Crippen molar-refractivity contribution in [3.8, 4) is 0 Å². The molecule has 0 aliphatic rings. The monoisotopic (exact) mass is 214 g/mol. The van der Waals surface area contributed by atoms with E-state index in [9.17, 15) is 14.4 Å². The third-order valence-corrected chi connectivity index (χ3v) is 1.66. The molecule has 0 aliphatic heterocycles. The normalized spacial score (nSPS) is 10.0. The third-order valence-electron chi connectivity index (χ3n) is 1.66. The van der Waals surface area contributed by atoms with E-state index in [1.807, 2.05) is 5.32 Å². The molecule has 0 fully saturated rings. The summed E-state index contributed by atoms with van der Waals surface area (Å²) in [7, 11) is 0. The van der Waals surface area contributed by atoms with E-state index < -0.39 is 17.9 Å². The Bertz CT molecular complexity index is 282. The molecular formula is C9H14N2O4. The summed E-state index contributed by atoms with van der Waals surface area (Å²) >= 11 is 0.